The molecule has 4 aliphatic rings. The van der Waals surface area contributed by atoms with Crippen LogP contribution >= 0.6 is 23.2 Å². The minimum absolute atomic E-state index is 0.00104. The first-order valence-corrected chi connectivity index (χ1v) is 15.1. The van der Waals surface area contributed by atoms with E-state index in [1.807, 2.05) is 24.3 Å². The molecular weight excluding hydrogens is 576 g/mol. The number of methoxy groups -OCH3 is 2. The summed E-state index contributed by atoms with van der Waals surface area (Å²) in [4.78, 5) is 16.7. The highest BCUT2D eigenvalue weighted by molar-refractivity contribution is 6.31. The van der Waals surface area contributed by atoms with Gasteiger partial charge in [0, 0.05) is 59.2 Å². The zero-order chi connectivity index (χ0) is 29.2. The molecule has 0 aromatic heterocycles. The number of rotatable bonds is 7. The van der Waals surface area contributed by atoms with Crippen LogP contribution in [0.15, 0.2) is 60.2 Å². The molecule has 0 bridgehead atoms. The van der Waals surface area contributed by atoms with Crippen LogP contribution in [0.2, 0.25) is 10.0 Å². The van der Waals surface area contributed by atoms with Gasteiger partial charge in [0.1, 0.15) is 11.6 Å². The number of carbonyl (C=O) groups excluding carboxylic acids is 1. The number of anilines is 1. The van der Waals surface area contributed by atoms with Crippen LogP contribution in [0.1, 0.15) is 47.6 Å². The molecule has 3 aromatic carbocycles. The second-order valence-electron chi connectivity index (χ2n) is 11.7. The van der Waals surface area contributed by atoms with Crippen molar-refractivity contribution >= 4 is 40.9 Å². The van der Waals surface area contributed by atoms with Crippen molar-refractivity contribution in [2.24, 2.45) is 5.92 Å². The molecule has 3 heterocycles. The number of likely N-dealkylation sites (tertiary alicyclic amines) is 1. The Morgan fingerprint density at radius 3 is 2.71 bits per heavy atom. The summed E-state index contributed by atoms with van der Waals surface area (Å²) in [6.07, 6.45) is 4.89. The summed E-state index contributed by atoms with van der Waals surface area (Å²) < 4.78 is 26.4. The van der Waals surface area contributed by atoms with Crippen LogP contribution in [0.4, 0.5) is 10.1 Å². The van der Waals surface area contributed by atoms with E-state index in [1.165, 1.54) is 6.07 Å². The first-order valence-electron chi connectivity index (χ1n) is 14.3. The lowest BCUT2D eigenvalue weighted by atomic mass is 9.81. The maximum Gasteiger partial charge on any atom is 0.254 e. The molecule has 1 spiro atoms. The Labute approximate surface area is 254 Å². The van der Waals surface area contributed by atoms with Gasteiger partial charge in [-0.25, -0.2) is 4.39 Å². The fourth-order valence-electron chi connectivity index (χ4n) is 7.19. The number of hydrogen-bond acceptors (Lipinski definition) is 5. The second-order valence-corrected chi connectivity index (χ2v) is 12.5. The Kier molecular flexibility index (Phi) is 7.07. The summed E-state index contributed by atoms with van der Waals surface area (Å²) in [6, 6.07) is 16.6. The first-order chi connectivity index (χ1) is 20.3. The highest BCUT2D eigenvalue weighted by Gasteiger charge is 2.66. The van der Waals surface area contributed by atoms with Gasteiger partial charge >= 0.3 is 0 Å². The van der Waals surface area contributed by atoms with Crippen molar-refractivity contribution < 1.29 is 18.7 Å². The fourth-order valence-corrected chi connectivity index (χ4v) is 7.54. The maximum atomic E-state index is 15.4. The number of amides is 1. The lowest BCUT2D eigenvalue weighted by Crippen LogP contribution is -2.51. The number of hydrogen-bond donors (Lipinski definition) is 2. The van der Waals surface area contributed by atoms with Crippen LogP contribution in [-0.2, 0) is 21.7 Å². The molecule has 4 atom stereocenters. The maximum absolute atomic E-state index is 15.4. The van der Waals surface area contributed by atoms with Crippen molar-refractivity contribution in [3.8, 4) is 5.75 Å². The first kappa shape index (κ1) is 27.9. The van der Waals surface area contributed by atoms with E-state index in [0.29, 0.717) is 28.8 Å². The van der Waals surface area contributed by atoms with Crippen LogP contribution in [0.5, 0.6) is 5.75 Å². The monoisotopic (exact) mass is 607 g/mol. The van der Waals surface area contributed by atoms with Crippen LogP contribution in [0.25, 0.3) is 6.08 Å². The Hall–Kier alpha value is -2.94. The van der Waals surface area contributed by atoms with Crippen molar-refractivity contribution in [1.82, 2.24) is 10.2 Å². The third-order valence-electron chi connectivity index (χ3n) is 9.23. The molecule has 218 valence electrons. The summed E-state index contributed by atoms with van der Waals surface area (Å²) in [7, 11) is 3.33. The van der Waals surface area contributed by atoms with E-state index in [9.17, 15) is 4.79 Å². The van der Waals surface area contributed by atoms with Crippen molar-refractivity contribution in [1.29, 1.82) is 0 Å². The fraction of sp³-hybridized carbons (Fsp3) is 0.364. The van der Waals surface area contributed by atoms with Crippen LogP contribution in [0, 0.1) is 11.7 Å². The molecule has 1 saturated carbocycles. The topological polar surface area (TPSA) is 62.8 Å². The Morgan fingerprint density at radius 1 is 1.12 bits per heavy atom. The van der Waals surface area contributed by atoms with Crippen molar-refractivity contribution in [3.05, 3.63) is 98.3 Å². The van der Waals surface area contributed by atoms with Crippen molar-refractivity contribution in [2.45, 2.75) is 49.5 Å². The molecule has 2 saturated heterocycles. The minimum Gasteiger partial charge on any atom is -0.496 e. The van der Waals surface area contributed by atoms with Crippen molar-refractivity contribution in [3.63, 3.8) is 0 Å². The third-order valence-corrected chi connectivity index (χ3v) is 9.76. The summed E-state index contributed by atoms with van der Waals surface area (Å²) in [6.45, 7) is 1.23. The summed E-state index contributed by atoms with van der Waals surface area (Å²) >= 11 is 12.6. The van der Waals surface area contributed by atoms with Crippen LogP contribution in [-0.4, -0.2) is 43.7 Å². The Morgan fingerprint density at radius 2 is 1.95 bits per heavy atom. The Balaban J connectivity index is 1.38. The summed E-state index contributed by atoms with van der Waals surface area (Å²) in [5.74, 6) is 0.660. The predicted octanol–water partition coefficient (Wildman–Crippen LogP) is 6.72. The van der Waals surface area contributed by atoms with E-state index in [4.69, 9.17) is 32.7 Å². The normalized spacial score (nSPS) is 27.5. The zero-order valence-corrected chi connectivity index (χ0v) is 24.9. The average Bonchev–Trinajstić information content (AvgIpc) is 3.55. The van der Waals surface area contributed by atoms with Gasteiger partial charge in [0.15, 0.2) is 5.54 Å². The molecule has 0 radical (unpaired) electrons. The third kappa shape index (κ3) is 4.37. The van der Waals surface area contributed by atoms with Gasteiger partial charge in [-0.05, 0) is 66.7 Å². The molecule has 2 N–H and O–H groups in total. The van der Waals surface area contributed by atoms with Crippen molar-refractivity contribution in [2.75, 3.05) is 26.1 Å². The zero-order valence-electron chi connectivity index (χ0n) is 23.4. The second kappa shape index (κ2) is 10.6. The van der Waals surface area contributed by atoms with Gasteiger partial charge < -0.3 is 20.1 Å². The molecule has 3 aliphatic heterocycles. The smallest absolute Gasteiger partial charge is 0.254 e. The van der Waals surface area contributed by atoms with Gasteiger partial charge in [-0.3, -0.25) is 9.69 Å². The van der Waals surface area contributed by atoms with E-state index < -0.39 is 11.4 Å². The highest BCUT2D eigenvalue weighted by atomic mass is 35.5. The van der Waals surface area contributed by atoms with E-state index in [0.717, 1.165) is 53.8 Å². The number of ether oxygens (including phenoxy) is 2. The van der Waals surface area contributed by atoms with E-state index in [-0.39, 0.29) is 29.1 Å². The minimum atomic E-state index is -1.09. The SMILES string of the molecule is COCc1ccc(C2CC3C(N2)C(=Cc2cccc(Cl)c2F)C2(C(=O)Nc4cc(Cl)ccc42)N3CC2CC2)cc1OC. The summed E-state index contributed by atoms with van der Waals surface area (Å²) in [5.41, 5.74) is 3.70. The molecule has 9 heteroatoms. The molecule has 1 aliphatic carbocycles. The molecule has 6 nitrogen and oxygen atoms in total. The van der Waals surface area contributed by atoms with E-state index in [1.54, 1.807) is 32.4 Å². The number of halogens is 3. The molecule has 42 heavy (non-hydrogen) atoms. The van der Waals surface area contributed by atoms with Gasteiger partial charge in [-0.2, -0.15) is 0 Å². The molecule has 1 amide bonds. The van der Waals surface area contributed by atoms with Gasteiger partial charge in [-0.1, -0.05) is 53.5 Å². The molecule has 3 fully saturated rings. The standard InChI is InChI=1S/C33H32Cl2FN3O3/c1-41-17-21-9-8-19(13-29(21)42-2)26-15-28-31(37-26)24(12-20-4-3-5-25(35)30(20)36)33(39(28)16-18-6-7-18)23-11-10-22(34)14-27(23)38-32(33)40/h3-5,8-14,18,26,28,31,37H,6-7,15-17H2,1-2H3,(H,38,40). The van der Waals surface area contributed by atoms with E-state index >= 15 is 4.39 Å². The number of fused-ring (bicyclic) bond motifs is 3. The number of benzene rings is 3. The van der Waals surface area contributed by atoms with Crippen LogP contribution < -0.4 is 15.4 Å². The predicted molar refractivity (Wildman–Crippen MR) is 162 cm³/mol. The van der Waals surface area contributed by atoms with E-state index in [2.05, 4.69) is 27.7 Å². The lowest BCUT2D eigenvalue weighted by Gasteiger charge is -2.38. The number of nitrogens with zero attached hydrogens (tertiary/aromatic N) is 1. The average molecular weight is 609 g/mol. The highest BCUT2D eigenvalue weighted by Crippen LogP contribution is 2.58. The molecule has 7 rings (SSSR count). The molecular formula is C33H32Cl2FN3O3. The quantitative estimate of drug-likeness (QED) is 0.312. The van der Waals surface area contributed by atoms with Gasteiger partial charge in [0.05, 0.1) is 18.7 Å². The largest absolute Gasteiger partial charge is 0.496 e. The molecule has 3 aromatic rings. The number of nitrogens with one attached hydrogen (secondary N) is 2. The Bertz CT molecular complexity index is 1610. The van der Waals surface area contributed by atoms with Gasteiger partial charge in [0.25, 0.3) is 5.91 Å². The summed E-state index contributed by atoms with van der Waals surface area (Å²) in [5, 5.41) is 7.57. The molecule has 4 unspecified atom stereocenters. The van der Waals surface area contributed by atoms with Crippen LogP contribution in [0.3, 0.4) is 0 Å². The lowest BCUT2D eigenvalue weighted by molar-refractivity contribution is -0.125. The van der Waals surface area contributed by atoms with Gasteiger partial charge in [0.2, 0.25) is 0 Å². The number of carbonyl (C=O) groups is 1. The van der Waals surface area contributed by atoms with Gasteiger partial charge in [-0.15, -0.1) is 0 Å².